The van der Waals surface area contributed by atoms with Crippen LogP contribution in [0.5, 0.6) is 0 Å². The molecule has 0 saturated carbocycles. The predicted molar refractivity (Wildman–Crippen MR) is 117 cm³/mol. The summed E-state index contributed by atoms with van der Waals surface area (Å²) in [6, 6.07) is 13.1. The molecule has 1 amide bonds. The zero-order valence-corrected chi connectivity index (χ0v) is 17.9. The van der Waals surface area contributed by atoms with E-state index in [9.17, 15) is 18.0 Å². The lowest BCUT2D eigenvalue weighted by atomic mass is 10.2. The molecule has 31 heavy (non-hydrogen) atoms. The van der Waals surface area contributed by atoms with Crippen molar-refractivity contribution in [1.82, 2.24) is 19.0 Å². The number of anilines is 1. The number of amides is 1. The minimum Gasteiger partial charge on any atom is -0.324 e. The van der Waals surface area contributed by atoms with E-state index in [-0.39, 0.29) is 17.0 Å². The van der Waals surface area contributed by atoms with Crippen LogP contribution in [0.15, 0.2) is 64.4 Å². The highest BCUT2D eigenvalue weighted by Crippen LogP contribution is 2.19. The molecule has 0 atom stereocenters. The van der Waals surface area contributed by atoms with Crippen LogP contribution in [0.3, 0.4) is 0 Å². The van der Waals surface area contributed by atoms with Gasteiger partial charge in [-0.3, -0.25) is 9.59 Å². The number of hydrogen-bond donors (Lipinski definition) is 1. The zero-order valence-electron chi connectivity index (χ0n) is 17.1. The highest BCUT2D eigenvalue weighted by atomic mass is 32.2. The van der Waals surface area contributed by atoms with E-state index in [0.29, 0.717) is 42.6 Å². The molecule has 3 aromatic rings. The summed E-state index contributed by atoms with van der Waals surface area (Å²) in [6.07, 6.45) is 1.54. The Bertz CT molecular complexity index is 1260. The van der Waals surface area contributed by atoms with Crippen LogP contribution in [0.4, 0.5) is 5.69 Å². The van der Waals surface area contributed by atoms with Gasteiger partial charge in [0.25, 0.3) is 5.56 Å². The first-order valence-electron chi connectivity index (χ1n) is 9.88. The van der Waals surface area contributed by atoms with E-state index in [1.165, 1.54) is 28.6 Å². The number of nitrogens with zero attached hydrogens (tertiary/aromatic N) is 4. The molecular weight excluding hydrogens is 418 g/mol. The van der Waals surface area contributed by atoms with Gasteiger partial charge >= 0.3 is 0 Å². The topological polar surface area (TPSA) is 105 Å². The fraction of sp³-hybridized carbons (Fsp3) is 0.286. The minimum atomic E-state index is -3.57. The van der Waals surface area contributed by atoms with E-state index >= 15 is 0 Å². The molecule has 1 aliphatic rings. The molecule has 2 heterocycles. The number of hydrogen-bond acceptors (Lipinski definition) is 6. The highest BCUT2D eigenvalue weighted by Gasteiger charge is 2.27. The lowest BCUT2D eigenvalue weighted by Crippen LogP contribution is -2.46. The Morgan fingerprint density at radius 3 is 2.42 bits per heavy atom. The second-order valence-corrected chi connectivity index (χ2v) is 9.41. The van der Waals surface area contributed by atoms with E-state index in [1.54, 1.807) is 24.4 Å². The number of aromatic nitrogens is 2. The van der Waals surface area contributed by atoms with Crippen molar-refractivity contribution in [2.75, 3.05) is 38.5 Å². The number of sulfonamides is 1. The van der Waals surface area contributed by atoms with Gasteiger partial charge in [0.2, 0.25) is 15.9 Å². The van der Waals surface area contributed by atoms with Crippen LogP contribution >= 0.6 is 0 Å². The number of carbonyl (C=O) groups excluding carboxylic acids is 1. The molecule has 0 spiro atoms. The minimum absolute atomic E-state index is 0.183. The summed E-state index contributed by atoms with van der Waals surface area (Å²) in [5.41, 5.74) is 0.0954. The molecule has 0 unspecified atom stereocenters. The van der Waals surface area contributed by atoms with Crippen molar-refractivity contribution in [3.8, 4) is 0 Å². The van der Waals surface area contributed by atoms with Crippen molar-refractivity contribution < 1.29 is 13.2 Å². The number of benzene rings is 2. The van der Waals surface area contributed by atoms with Crippen molar-refractivity contribution in [3.05, 3.63) is 65.1 Å². The zero-order chi connectivity index (χ0) is 22.0. The molecule has 0 aliphatic carbocycles. The molecule has 162 valence electrons. The second-order valence-electron chi connectivity index (χ2n) is 7.47. The van der Waals surface area contributed by atoms with Gasteiger partial charge in [0.15, 0.2) is 0 Å². The number of fused-ring (bicyclic) bond motifs is 1. The van der Waals surface area contributed by atoms with Gasteiger partial charge in [-0.25, -0.2) is 13.1 Å². The predicted octanol–water partition coefficient (Wildman–Crippen LogP) is 0.971. The molecule has 1 saturated heterocycles. The van der Waals surface area contributed by atoms with Crippen LogP contribution in [0.2, 0.25) is 0 Å². The van der Waals surface area contributed by atoms with Gasteiger partial charge in [-0.2, -0.15) is 9.40 Å². The van der Waals surface area contributed by atoms with Crippen molar-refractivity contribution in [2.24, 2.45) is 0 Å². The standard InChI is InChI=1S/C21H23N5O4S/c1-24-10-12-25(13-11-24)31(29,30)18-8-6-17(7-9-18)23-20(27)15-26-21(28)19-5-3-2-4-16(19)14-22-26/h2-9,14H,10-13,15H2,1H3,(H,23,27). The summed E-state index contributed by atoms with van der Waals surface area (Å²) in [7, 11) is -1.61. The maximum Gasteiger partial charge on any atom is 0.275 e. The van der Waals surface area contributed by atoms with Gasteiger partial charge in [0, 0.05) is 37.3 Å². The summed E-state index contributed by atoms with van der Waals surface area (Å²) in [4.78, 5) is 27.1. The van der Waals surface area contributed by atoms with Gasteiger partial charge in [0.1, 0.15) is 6.54 Å². The first-order valence-corrected chi connectivity index (χ1v) is 11.3. The number of carbonyl (C=O) groups is 1. The van der Waals surface area contributed by atoms with Gasteiger partial charge in [-0.05, 0) is 37.4 Å². The second kappa shape index (κ2) is 8.58. The Kier molecular flexibility index (Phi) is 5.86. The molecule has 0 bridgehead atoms. The van der Waals surface area contributed by atoms with Gasteiger partial charge in [0.05, 0.1) is 16.5 Å². The van der Waals surface area contributed by atoms with E-state index < -0.39 is 15.9 Å². The van der Waals surface area contributed by atoms with E-state index in [0.717, 1.165) is 4.68 Å². The largest absolute Gasteiger partial charge is 0.324 e. The third-order valence-electron chi connectivity index (χ3n) is 5.29. The fourth-order valence-electron chi connectivity index (χ4n) is 3.46. The summed E-state index contributed by atoms with van der Waals surface area (Å²) >= 11 is 0. The monoisotopic (exact) mass is 441 g/mol. The van der Waals surface area contributed by atoms with Crippen molar-refractivity contribution in [1.29, 1.82) is 0 Å². The lowest BCUT2D eigenvalue weighted by Gasteiger charge is -2.31. The van der Waals surface area contributed by atoms with E-state index in [2.05, 4.69) is 15.3 Å². The molecule has 1 N–H and O–H groups in total. The molecule has 9 nitrogen and oxygen atoms in total. The van der Waals surface area contributed by atoms with Gasteiger partial charge < -0.3 is 10.2 Å². The lowest BCUT2D eigenvalue weighted by molar-refractivity contribution is -0.117. The van der Waals surface area contributed by atoms with Crippen LogP contribution in [0.25, 0.3) is 10.8 Å². The third-order valence-corrected chi connectivity index (χ3v) is 7.21. The smallest absolute Gasteiger partial charge is 0.275 e. The molecule has 4 rings (SSSR count). The maximum absolute atomic E-state index is 12.8. The van der Waals surface area contributed by atoms with E-state index in [4.69, 9.17) is 0 Å². The Morgan fingerprint density at radius 1 is 1.03 bits per heavy atom. The Balaban J connectivity index is 1.44. The van der Waals surface area contributed by atoms with Crippen LogP contribution in [0.1, 0.15) is 0 Å². The molecule has 2 aromatic carbocycles. The summed E-state index contributed by atoms with van der Waals surface area (Å²) < 4.78 is 28.1. The summed E-state index contributed by atoms with van der Waals surface area (Å²) in [5.74, 6) is -0.431. The Hall–Kier alpha value is -3.08. The van der Waals surface area contributed by atoms with Crippen molar-refractivity contribution in [2.45, 2.75) is 11.4 Å². The average Bonchev–Trinajstić information content (AvgIpc) is 2.76. The average molecular weight is 442 g/mol. The summed E-state index contributed by atoms with van der Waals surface area (Å²) in [6.45, 7) is 2.03. The van der Waals surface area contributed by atoms with Crippen LogP contribution in [-0.4, -0.2) is 66.5 Å². The van der Waals surface area contributed by atoms with Crippen molar-refractivity contribution in [3.63, 3.8) is 0 Å². The summed E-state index contributed by atoms with van der Waals surface area (Å²) in [5, 5.41) is 7.92. The number of piperazine rings is 1. The number of nitrogens with one attached hydrogen (secondary N) is 1. The fourth-order valence-corrected chi connectivity index (χ4v) is 4.89. The van der Waals surface area contributed by atoms with E-state index in [1.807, 2.05) is 13.1 Å². The van der Waals surface area contributed by atoms with Gasteiger partial charge in [-0.1, -0.05) is 18.2 Å². The molecular formula is C21H23N5O4S. The van der Waals surface area contributed by atoms with Crippen molar-refractivity contribution >= 4 is 32.4 Å². The van der Waals surface area contributed by atoms with Crippen LogP contribution in [0, 0.1) is 0 Å². The molecule has 10 heteroatoms. The molecule has 1 fully saturated rings. The number of likely N-dealkylation sites (N-methyl/N-ethyl adjacent to an activating group) is 1. The SMILES string of the molecule is CN1CCN(S(=O)(=O)c2ccc(NC(=O)Cn3ncc4ccccc4c3=O)cc2)CC1. The Labute approximate surface area is 179 Å². The third kappa shape index (κ3) is 4.50. The molecule has 0 radical (unpaired) electrons. The first kappa shape index (κ1) is 21.2. The normalized spacial score (nSPS) is 15.8. The molecule has 1 aromatic heterocycles. The number of rotatable bonds is 5. The van der Waals surface area contributed by atoms with Crippen LogP contribution in [-0.2, 0) is 21.4 Å². The van der Waals surface area contributed by atoms with Crippen LogP contribution < -0.4 is 10.9 Å². The molecule has 1 aliphatic heterocycles. The quantitative estimate of drug-likeness (QED) is 0.633. The maximum atomic E-state index is 12.8. The van der Waals surface area contributed by atoms with Gasteiger partial charge in [-0.15, -0.1) is 0 Å². The highest BCUT2D eigenvalue weighted by molar-refractivity contribution is 7.89. The Morgan fingerprint density at radius 2 is 1.71 bits per heavy atom. The first-order chi connectivity index (χ1) is 14.8.